The molecule has 2 aromatic rings. The van der Waals surface area contributed by atoms with Crippen LogP contribution < -0.4 is 16.0 Å². The summed E-state index contributed by atoms with van der Waals surface area (Å²) in [4.78, 5) is 16.9. The Morgan fingerprint density at radius 1 is 1.25 bits per heavy atom. The lowest BCUT2D eigenvalue weighted by Crippen LogP contribution is -2.43. The molecule has 7 nitrogen and oxygen atoms in total. The first kappa shape index (κ1) is 24.0. The summed E-state index contributed by atoms with van der Waals surface area (Å²) < 4.78 is 10.4. The van der Waals surface area contributed by atoms with E-state index in [1.54, 1.807) is 25.5 Å². The molecule has 1 heterocycles. The van der Waals surface area contributed by atoms with E-state index in [4.69, 9.17) is 9.15 Å². The molecule has 3 N–H and O–H groups in total. The van der Waals surface area contributed by atoms with Gasteiger partial charge in [-0.05, 0) is 43.7 Å². The van der Waals surface area contributed by atoms with E-state index in [9.17, 15) is 4.79 Å². The molecule has 1 atom stereocenters. The monoisotopic (exact) mass is 500 g/mol. The van der Waals surface area contributed by atoms with Crippen molar-refractivity contribution in [3.05, 3.63) is 59.5 Å². The second-order valence-corrected chi connectivity index (χ2v) is 6.16. The van der Waals surface area contributed by atoms with Crippen LogP contribution in [0.1, 0.15) is 35.5 Å². The lowest BCUT2D eigenvalue weighted by molar-refractivity contribution is 0.0948. The van der Waals surface area contributed by atoms with Gasteiger partial charge in [-0.1, -0.05) is 12.1 Å². The van der Waals surface area contributed by atoms with Gasteiger partial charge >= 0.3 is 0 Å². The number of nitrogens with zero attached hydrogens (tertiary/aromatic N) is 1. The number of carbonyl (C=O) groups excluding carboxylic acids is 1. The van der Waals surface area contributed by atoms with Gasteiger partial charge in [0.1, 0.15) is 5.76 Å². The highest BCUT2D eigenvalue weighted by Gasteiger charge is 2.08. The van der Waals surface area contributed by atoms with E-state index in [1.165, 1.54) is 0 Å². The van der Waals surface area contributed by atoms with Crippen molar-refractivity contribution in [2.75, 3.05) is 20.3 Å². The van der Waals surface area contributed by atoms with Crippen LogP contribution >= 0.6 is 24.0 Å². The molecule has 28 heavy (non-hydrogen) atoms. The Balaban J connectivity index is 0.00000392. The van der Waals surface area contributed by atoms with E-state index in [-0.39, 0.29) is 35.9 Å². The molecule has 0 spiro atoms. The molecule has 1 aromatic heterocycles. The third-order valence-corrected chi connectivity index (χ3v) is 3.76. The fraction of sp³-hybridized carbons (Fsp3) is 0.400. The van der Waals surface area contributed by atoms with Crippen molar-refractivity contribution in [3.8, 4) is 0 Å². The third-order valence-electron chi connectivity index (χ3n) is 3.76. The van der Waals surface area contributed by atoms with Crippen LogP contribution in [0.2, 0.25) is 0 Å². The molecule has 0 bridgehead atoms. The fourth-order valence-electron chi connectivity index (χ4n) is 2.51. The molecule has 1 aromatic carbocycles. The zero-order valence-electron chi connectivity index (χ0n) is 16.5. The number of benzene rings is 1. The summed E-state index contributed by atoms with van der Waals surface area (Å²) in [6.45, 7) is 6.23. The minimum absolute atomic E-state index is 0. The minimum Gasteiger partial charge on any atom is -0.467 e. The second kappa shape index (κ2) is 13.2. The first-order chi connectivity index (χ1) is 13.1. The topological polar surface area (TPSA) is 87.9 Å². The summed E-state index contributed by atoms with van der Waals surface area (Å²) in [5.41, 5.74) is 1.55. The lowest BCUT2D eigenvalue weighted by atomic mass is 10.1. The van der Waals surface area contributed by atoms with Crippen molar-refractivity contribution in [2.45, 2.75) is 33.0 Å². The minimum atomic E-state index is -0.143. The Labute approximate surface area is 183 Å². The van der Waals surface area contributed by atoms with Gasteiger partial charge < -0.3 is 25.1 Å². The summed E-state index contributed by atoms with van der Waals surface area (Å²) in [7, 11) is 1.67. The zero-order valence-corrected chi connectivity index (χ0v) is 18.9. The van der Waals surface area contributed by atoms with Crippen molar-refractivity contribution in [1.82, 2.24) is 16.0 Å². The average molecular weight is 500 g/mol. The molecule has 0 aliphatic heterocycles. The summed E-state index contributed by atoms with van der Waals surface area (Å²) in [6.07, 6.45) is 1.59. The molecular formula is C20H29IN4O3. The highest BCUT2D eigenvalue weighted by Crippen LogP contribution is 2.08. The van der Waals surface area contributed by atoms with Crippen LogP contribution in [0.4, 0.5) is 0 Å². The molecule has 0 saturated carbocycles. The van der Waals surface area contributed by atoms with Gasteiger partial charge in [0.2, 0.25) is 0 Å². The van der Waals surface area contributed by atoms with Gasteiger partial charge in [-0.2, -0.15) is 0 Å². The van der Waals surface area contributed by atoms with E-state index in [1.807, 2.05) is 38.1 Å². The van der Waals surface area contributed by atoms with Gasteiger partial charge in [-0.25, -0.2) is 4.99 Å². The number of amides is 1. The van der Waals surface area contributed by atoms with E-state index in [0.717, 1.165) is 23.8 Å². The zero-order chi connectivity index (χ0) is 19.5. The van der Waals surface area contributed by atoms with E-state index in [2.05, 4.69) is 20.9 Å². The molecule has 154 valence electrons. The SMILES string of the molecule is CCNC(=NCc1cccc(C(=O)NCc2ccco2)c1)NC(C)COC.I. The normalized spacial score (nSPS) is 12.0. The number of halogens is 1. The van der Waals surface area contributed by atoms with Crippen LogP contribution in [0.3, 0.4) is 0 Å². The van der Waals surface area contributed by atoms with Crippen LogP contribution in [-0.2, 0) is 17.8 Å². The first-order valence-electron chi connectivity index (χ1n) is 9.05. The van der Waals surface area contributed by atoms with Gasteiger partial charge in [0, 0.05) is 25.3 Å². The van der Waals surface area contributed by atoms with Crippen molar-refractivity contribution in [3.63, 3.8) is 0 Å². The number of guanidine groups is 1. The molecule has 0 aliphatic carbocycles. The molecule has 8 heteroatoms. The Morgan fingerprint density at radius 2 is 2.07 bits per heavy atom. The van der Waals surface area contributed by atoms with Crippen LogP contribution in [0.15, 0.2) is 52.1 Å². The predicted octanol–water partition coefficient (Wildman–Crippen LogP) is 2.92. The highest BCUT2D eigenvalue weighted by atomic mass is 127. The van der Waals surface area contributed by atoms with Crippen molar-refractivity contribution < 1.29 is 13.9 Å². The van der Waals surface area contributed by atoms with Gasteiger partial charge in [0.25, 0.3) is 5.91 Å². The number of rotatable bonds is 9. The van der Waals surface area contributed by atoms with Crippen LogP contribution in [0, 0.1) is 0 Å². The van der Waals surface area contributed by atoms with Gasteiger partial charge in [-0.3, -0.25) is 4.79 Å². The molecule has 0 radical (unpaired) electrons. The summed E-state index contributed by atoms with van der Waals surface area (Å²) >= 11 is 0. The van der Waals surface area contributed by atoms with Gasteiger partial charge in [0.05, 0.1) is 26.0 Å². The Hall–Kier alpha value is -2.07. The molecular weight excluding hydrogens is 471 g/mol. The van der Waals surface area contributed by atoms with Crippen LogP contribution in [0.25, 0.3) is 0 Å². The maximum atomic E-state index is 12.3. The molecule has 2 rings (SSSR count). The Kier molecular flexibility index (Phi) is 11.3. The number of nitrogens with one attached hydrogen (secondary N) is 3. The smallest absolute Gasteiger partial charge is 0.251 e. The summed E-state index contributed by atoms with van der Waals surface area (Å²) in [6, 6.07) is 11.2. The maximum absolute atomic E-state index is 12.3. The average Bonchev–Trinajstić information content (AvgIpc) is 3.18. The Bertz CT molecular complexity index is 735. The highest BCUT2D eigenvalue weighted by molar-refractivity contribution is 14.0. The lowest BCUT2D eigenvalue weighted by Gasteiger charge is -2.17. The number of methoxy groups -OCH3 is 1. The van der Waals surface area contributed by atoms with E-state index in [0.29, 0.717) is 25.3 Å². The molecule has 0 fully saturated rings. The van der Waals surface area contributed by atoms with Crippen LogP contribution in [-0.4, -0.2) is 38.2 Å². The van der Waals surface area contributed by atoms with Gasteiger partial charge in [-0.15, -0.1) is 24.0 Å². The van der Waals surface area contributed by atoms with E-state index >= 15 is 0 Å². The fourth-order valence-corrected chi connectivity index (χ4v) is 2.51. The third kappa shape index (κ3) is 8.30. The number of hydrogen-bond donors (Lipinski definition) is 3. The molecule has 0 saturated heterocycles. The number of furan rings is 1. The van der Waals surface area contributed by atoms with Gasteiger partial charge in [0.15, 0.2) is 5.96 Å². The first-order valence-corrected chi connectivity index (χ1v) is 9.05. The number of ether oxygens (including phenoxy) is 1. The van der Waals surface area contributed by atoms with Crippen molar-refractivity contribution in [2.24, 2.45) is 4.99 Å². The van der Waals surface area contributed by atoms with Crippen LogP contribution in [0.5, 0.6) is 0 Å². The van der Waals surface area contributed by atoms with E-state index < -0.39 is 0 Å². The quantitative estimate of drug-likeness (QED) is 0.280. The second-order valence-electron chi connectivity index (χ2n) is 6.16. The van der Waals surface area contributed by atoms with Crippen molar-refractivity contribution >= 4 is 35.8 Å². The van der Waals surface area contributed by atoms with Crippen molar-refractivity contribution in [1.29, 1.82) is 0 Å². The molecule has 1 amide bonds. The predicted molar refractivity (Wildman–Crippen MR) is 121 cm³/mol. The standard InChI is InChI=1S/C20H28N4O3.HI/c1-4-21-20(24-15(2)14-26-3)23-12-16-7-5-8-17(11-16)19(25)22-13-18-9-6-10-27-18;/h5-11,15H,4,12-14H2,1-3H3,(H,22,25)(H2,21,23,24);1H. The maximum Gasteiger partial charge on any atom is 0.251 e. The summed E-state index contributed by atoms with van der Waals surface area (Å²) in [5.74, 6) is 1.29. The number of aliphatic imine (C=N–C) groups is 1. The Morgan fingerprint density at radius 3 is 2.75 bits per heavy atom. The molecule has 0 aliphatic rings. The summed E-state index contributed by atoms with van der Waals surface area (Å²) in [5, 5.41) is 9.34. The largest absolute Gasteiger partial charge is 0.467 e. The number of hydrogen-bond acceptors (Lipinski definition) is 4. The number of carbonyl (C=O) groups is 1. The molecule has 1 unspecified atom stereocenters.